The molecule has 0 spiro atoms. The first-order valence-corrected chi connectivity index (χ1v) is 7.66. The van der Waals surface area contributed by atoms with Crippen molar-refractivity contribution in [2.24, 2.45) is 0 Å². The summed E-state index contributed by atoms with van der Waals surface area (Å²) in [7, 11) is 0. The molecule has 2 N–H and O–H groups in total. The van der Waals surface area contributed by atoms with Crippen LogP contribution in [0.15, 0.2) is 24.3 Å². The van der Waals surface area contributed by atoms with Gasteiger partial charge < -0.3 is 10.6 Å². The van der Waals surface area contributed by atoms with Gasteiger partial charge in [0, 0.05) is 18.1 Å². The molecule has 1 saturated heterocycles. The molecular formula is C16H21F3N2. The molecule has 0 radical (unpaired) electrons. The number of benzene rings is 1. The van der Waals surface area contributed by atoms with Gasteiger partial charge in [0.1, 0.15) is 0 Å². The summed E-state index contributed by atoms with van der Waals surface area (Å²) in [5, 5.41) is 6.96. The van der Waals surface area contributed by atoms with Crippen LogP contribution in [0, 0.1) is 0 Å². The fourth-order valence-corrected chi connectivity index (χ4v) is 3.34. The van der Waals surface area contributed by atoms with Crippen molar-refractivity contribution in [2.75, 3.05) is 13.1 Å². The Morgan fingerprint density at radius 2 is 2.05 bits per heavy atom. The fourth-order valence-electron chi connectivity index (χ4n) is 3.34. The Hall–Kier alpha value is -1.07. The second-order valence-electron chi connectivity index (χ2n) is 6.19. The van der Waals surface area contributed by atoms with Crippen molar-refractivity contribution in [2.45, 2.75) is 49.9 Å². The van der Waals surface area contributed by atoms with E-state index in [4.69, 9.17) is 0 Å². The summed E-state index contributed by atoms with van der Waals surface area (Å²) in [6.07, 6.45) is 0.964. The average molecular weight is 298 g/mol. The van der Waals surface area contributed by atoms with Gasteiger partial charge in [0.05, 0.1) is 5.56 Å². The summed E-state index contributed by atoms with van der Waals surface area (Å²) >= 11 is 0. The molecule has 1 heterocycles. The van der Waals surface area contributed by atoms with Crippen LogP contribution in [-0.2, 0) is 11.7 Å². The lowest BCUT2D eigenvalue weighted by molar-refractivity contribution is -0.137. The lowest BCUT2D eigenvalue weighted by Crippen LogP contribution is -2.51. The number of hydrogen-bond donors (Lipinski definition) is 2. The predicted molar refractivity (Wildman–Crippen MR) is 76.0 cm³/mol. The van der Waals surface area contributed by atoms with Gasteiger partial charge in [0.2, 0.25) is 0 Å². The molecule has 1 saturated carbocycles. The highest BCUT2D eigenvalue weighted by Crippen LogP contribution is 2.42. The van der Waals surface area contributed by atoms with E-state index in [2.05, 4.69) is 10.6 Å². The van der Waals surface area contributed by atoms with Crippen molar-refractivity contribution in [3.63, 3.8) is 0 Å². The zero-order valence-corrected chi connectivity index (χ0v) is 12.0. The Bertz CT molecular complexity index is 489. The van der Waals surface area contributed by atoms with Gasteiger partial charge >= 0.3 is 6.18 Å². The third-order valence-electron chi connectivity index (χ3n) is 4.80. The number of nitrogens with one attached hydrogen (secondary N) is 2. The van der Waals surface area contributed by atoms with Crippen molar-refractivity contribution in [1.29, 1.82) is 0 Å². The quantitative estimate of drug-likeness (QED) is 0.890. The highest BCUT2D eigenvalue weighted by molar-refractivity contribution is 5.33. The van der Waals surface area contributed by atoms with E-state index in [9.17, 15) is 13.2 Å². The molecule has 0 amide bonds. The number of rotatable bonds is 4. The van der Waals surface area contributed by atoms with E-state index >= 15 is 0 Å². The monoisotopic (exact) mass is 298 g/mol. The molecule has 1 aliphatic heterocycles. The third kappa shape index (κ3) is 3.09. The lowest BCUT2D eigenvalue weighted by Gasteiger charge is -2.44. The molecule has 21 heavy (non-hydrogen) atoms. The number of alkyl halides is 3. The van der Waals surface area contributed by atoms with E-state index in [1.165, 1.54) is 18.6 Å². The van der Waals surface area contributed by atoms with Crippen molar-refractivity contribution < 1.29 is 13.2 Å². The minimum absolute atomic E-state index is 0.258. The van der Waals surface area contributed by atoms with Gasteiger partial charge in [-0.3, -0.25) is 0 Å². The zero-order valence-electron chi connectivity index (χ0n) is 12.0. The Morgan fingerprint density at radius 1 is 1.24 bits per heavy atom. The van der Waals surface area contributed by atoms with E-state index < -0.39 is 11.7 Å². The van der Waals surface area contributed by atoms with E-state index in [1.54, 1.807) is 0 Å². The molecule has 0 unspecified atom stereocenters. The molecule has 116 valence electrons. The molecule has 1 aromatic rings. The zero-order chi connectivity index (χ0) is 14.9. The summed E-state index contributed by atoms with van der Waals surface area (Å²) in [5.41, 5.74) is -0.0282. The van der Waals surface area contributed by atoms with E-state index in [-0.39, 0.29) is 5.54 Å². The van der Waals surface area contributed by atoms with Crippen molar-refractivity contribution in [3.8, 4) is 0 Å². The summed E-state index contributed by atoms with van der Waals surface area (Å²) in [6.45, 7) is 1.87. The molecule has 0 bridgehead atoms. The van der Waals surface area contributed by atoms with Crippen LogP contribution in [0.3, 0.4) is 0 Å². The lowest BCUT2D eigenvalue weighted by atomic mass is 9.71. The molecule has 0 aromatic heterocycles. The molecule has 5 heteroatoms. The maximum absolute atomic E-state index is 12.9. The smallest absolute Gasteiger partial charge is 0.313 e. The minimum atomic E-state index is -4.27. The maximum Gasteiger partial charge on any atom is 0.416 e. The fraction of sp³-hybridized carbons (Fsp3) is 0.625. The average Bonchev–Trinajstić information content (AvgIpc) is 2.90. The van der Waals surface area contributed by atoms with Gasteiger partial charge in [0.15, 0.2) is 0 Å². The van der Waals surface area contributed by atoms with Crippen LogP contribution >= 0.6 is 0 Å². The van der Waals surface area contributed by atoms with Crippen molar-refractivity contribution in [3.05, 3.63) is 35.4 Å². The van der Waals surface area contributed by atoms with Crippen LogP contribution < -0.4 is 10.6 Å². The second kappa shape index (κ2) is 5.61. The van der Waals surface area contributed by atoms with Gasteiger partial charge in [-0.15, -0.1) is 0 Å². The van der Waals surface area contributed by atoms with Gasteiger partial charge in [-0.05, 0) is 56.3 Å². The normalized spacial score (nSPS) is 24.8. The molecule has 1 aliphatic carbocycles. The molecule has 3 rings (SSSR count). The molecular weight excluding hydrogens is 277 g/mol. The molecule has 2 aliphatic rings. The van der Waals surface area contributed by atoms with Crippen LogP contribution in [-0.4, -0.2) is 19.1 Å². The Morgan fingerprint density at radius 3 is 2.62 bits per heavy atom. The van der Waals surface area contributed by atoms with Gasteiger partial charge in [-0.25, -0.2) is 0 Å². The van der Waals surface area contributed by atoms with Gasteiger partial charge in [0.25, 0.3) is 0 Å². The van der Waals surface area contributed by atoms with E-state index in [0.717, 1.165) is 50.4 Å². The maximum atomic E-state index is 12.9. The van der Waals surface area contributed by atoms with Crippen LogP contribution in [0.2, 0.25) is 0 Å². The van der Waals surface area contributed by atoms with Crippen molar-refractivity contribution >= 4 is 0 Å². The number of halogens is 3. The van der Waals surface area contributed by atoms with Crippen LogP contribution in [0.5, 0.6) is 0 Å². The highest BCUT2D eigenvalue weighted by atomic mass is 19.4. The van der Waals surface area contributed by atoms with Crippen LogP contribution in [0.1, 0.15) is 43.2 Å². The minimum Gasteiger partial charge on any atom is -0.313 e. The van der Waals surface area contributed by atoms with Crippen LogP contribution in [0.25, 0.3) is 0 Å². The highest BCUT2D eigenvalue weighted by Gasteiger charge is 2.40. The summed E-state index contributed by atoms with van der Waals surface area (Å²) in [5.74, 6) is 0. The topological polar surface area (TPSA) is 24.1 Å². The summed E-state index contributed by atoms with van der Waals surface area (Å²) < 4.78 is 38.6. The molecule has 1 aromatic carbocycles. The SMILES string of the molecule is FC(F)(F)c1cccc(C2(NC[C@H]3CCCN3)CCC2)c1. The first kappa shape index (κ1) is 14.9. The van der Waals surface area contributed by atoms with E-state index in [0.29, 0.717) is 6.04 Å². The Balaban J connectivity index is 1.75. The first-order valence-electron chi connectivity index (χ1n) is 7.66. The van der Waals surface area contributed by atoms with Crippen LogP contribution in [0.4, 0.5) is 13.2 Å². The molecule has 2 nitrogen and oxygen atoms in total. The molecule has 2 fully saturated rings. The van der Waals surface area contributed by atoms with Crippen molar-refractivity contribution in [1.82, 2.24) is 10.6 Å². The number of hydrogen-bond acceptors (Lipinski definition) is 2. The standard InChI is InChI=1S/C16H21F3N2/c17-16(18,19)13-5-1-4-12(10-13)15(7-3-8-15)21-11-14-6-2-9-20-14/h1,4-5,10,14,20-21H,2-3,6-9,11H2/t14-/m1/s1. The second-order valence-corrected chi connectivity index (χ2v) is 6.19. The predicted octanol–water partition coefficient (Wildman–Crippen LogP) is 3.43. The van der Waals surface area contributed by atoms with E-state index in [1.807, 2.05) is 6.07 Å². The Kier molecular flexibility index (Phi) is 3.97. The van der Waals surface area contributed by atoms with Gasteiger partial charge in [-0.1, -0.05) is 12.1 Å². The Labute approximate surface area is 123 Å². The first-order chi connectivity index (χ1) is 10.00. The van der Waals surface area contributed by atoms with Gasteiger partial charge in [-0.2, -0.15) is 13.2 Å². The molecule has 1 atom stereocenters. The third-order valence-corrected chi connectivity index (χ3v) is 4.80. The largest absolute Gasteiger partial charge is 0.416 e. The summed E-state index contributed by atoms with van der Waals surface area (Å²) in [4.78, 5) is 0. The summed E-state index contributed by atoms with van der Waals surface area (Å²) in [6, 6.07) is 6.26.